The minimum atomic E-state index is -4.41. The predicted molar refractivity (Wildman–Crippen MR) is 70.3 cm³/mol. The lowest BCUT2D eigenvalue weighted by molar-refractivity contribution is -0.128. The molecule has 0 heterocycles. The molecule has 0 radical (unpaired) electrons. The van der Waals surface area contributed by atoms with Crippen LogP contribution in [-0.2, 0) is 0 Å². The summed E-state index contributed by atoms with van der Waals surface area (Å²) in [5, 5.41) is 2.59. The van der Waals surface area contributed by atoms with Crippen LogP contribution in [0.1, 0.15) is 47.0 Å². The van der Waals surface area contributed by atoms with Crippen LogP contribution in [0.25, 0.3) is 0 Å². The van der Waals surface area contributed by atoms with E-state index in [9.17, 15) is 17.6 Å². The maximum absolute atomic E-state index is 13.7. The van der Waals surface area contributed by atoms with Gasteiger partial charge in [0, 0.05) is 6.54 Å². The third-order valence-electron chi connectivity index (χ3n) is 2.75. The molecule has 0 amide bonds. The fourth-order valence-corrected chi connectivity index (χ4v) is 1.45. The van der Waals surface area contributed by atoms with E-state index in [0.29, 0.717) is 18.0 Å². The van der Waals surface area contributed by atoms with Gasteiger partial charge in [-0.15, -0.1) is 0 Å². The molecule has 5 heteroatoms. The first-order chi connectivity index (χ1) is 8.65. The number of alkyl halides is 3. The van der Waals surface area contributed by atoms with Crippen molar-refractivity contribution >= 4 is 0 Å². The van der Waals surface area contributed by atoms with E-state index in [4.69, 9.17) is 0 Å². The van der Waals surface area contributed by atoms with Crippen molar-refractivity contribution < 1.29 is 17.6 Å². The van der Waals surface area contributed by atoms with Gasteiger partial charge in [-0.1, -0.05) is 25.8 Å². The number of hydrogen-bond acceptors (Lipinski definition) is 1. The van der Waals surface area contributed by atoms with E-state index in [-0.39, 0.29) is 5.70 Å². The third-order valence-corrected chi connectivity index (χ3v) is 2.75. The van der Waals surface area contributed by atoms with Gasteiger partial charge < -0.3 is 5.32 Å². The average Bonchev–Trinajstić information content (AvgIpc) is 2.24. The lowest BCUT2D eigenvalue weighted by atomic mass is 10.1. The zero-order valence-electron chi connectivity index (χ0n) is 12.0. The van der Waals surface area contributed by atoms with Crippen molar-refractivity contribution in [3.8, 4) is 0 Å². The van der Waals surface area contributed by atoms with Crippen LogP contribution >= 0.6 is 0 Å². The average molecular weight is 281 g/mol. The monoisotopic (exact) mass is 281 g/mol. The molecule has 0 aliphatic carbocycles. The summed E-state index contributed by atoms with van der Waals surface area (Å²) in [6.45, 7) is 7.67. The Hall–Kier alpha value is -1.00. The molecule has 0 aromatic rings. The van der Waals surface area contributed by atoms with Gasteiger partial charge in [0.15, 0.2) is 0 Å². The summed E-state index contributed by atoms with van der Waals surface area (Å²) in [6, 6.07) is 0. The van der Waals surface area contributed by atoms with Crippen molar-refractivity contribution in [1.29, 1.82) is 0 Å². The van der Waals surface area contributed by atoms with Gasteiger partial charge in [0.1, 0.15) is 5.83 Å². The van der Waals surface area contributed by atoms with Gasteiger partial charge in [-0.25, -0.2) is 4.39 Å². The van der Waals surface area contributed by atoms with Crippen LogP contribution in [0.4, 0.5) is 17.6 Å². The van der Waals surface area contributed by atoms with Crippen molar-refractivity contribution in [2.24, 2.45) is 5.92 Å². The molecule has 19 heavy (non-hydrogen) atoms. The molecule has 1 unspecified atom stereocenters. The normalized spacial score (nSPS) is 14.7. The van der Waals surface area contributed by atoms with Gasteiger partial charge in [0.2, 0.25) is 0 Å². The van der Waals surface area contributed by atoms with Crippen LogP contribution in [0.3, 0.4) is 0 Å². The SMILES string of the molecule is CCC(C)CCN/C(CC(F)(F)F)=C(\F)C=C(C)C. The third kappa shape index (κ3) is 9.56. The molecule has 1 atom stereocenters. The first-order valence-electron chi connectivity index (χ1n) is 6.49. The van der Waals surface area contributed by atoms with Gasteiger partial charge in [-0.05, 0) is 32.3 Å². The van der Waals surface area contributed by atoms with Gasteiger partial charge in [0.25, 0.3) is 0 Å². The quantitative estimate of drug-likeness (QED) is 0.505. The highest BCUT2D eigenvalue weighted by Crippen LogP contribution is 2.26. The second kappa shape index (κ2) is 8.23. The Bertz CT molecular complexity index is 325. The maximum atomic E-state index is 13.7. The smallest absolute Gasteiger partial charge is 0.386 e. The van der Waals surface area contributed by atoms with Gasteiger partial charge in [-0.3, -0.25) is 0 Å². The van der Waals surface area contributed by atoms with E-state index < -0.39 is 18.4 Å². The summed E-state index contributed by atoms with van der Waals surface area (Å²) >= 11 is 0. The van der Waals surface area contributed by atoms with Gasteiger partial charge >= 0.3 is 6.18 Å². The van der Waals surface area contributed by atoms with E-state index in [1.54, 1.807) is 13.8 Å². The molecule has 0 spiro atoms. The van der Waals surface area contributed by atoms with Crippen molar-refractivity contribution in [1.82, 2.24) is 5.32 Å². The second-order valence-electron chi connectivity index (χ2n) is 5.07. The zero-order valence-corrected chi connectivity index (χ0v) is 12.0. The Balaban J connectivity index is 4.74. The Morgan fingerprint density at radius 3 is 2.26 bits per heavy atom. The summed E-state index contributed by atoms with van der Waals surface area (Å²) < 4.78 is 50.9. The number of allylic oxidation sites excluding steroid dienone is 4. The molecule has 112 valence electrons. The largest absolute Gasteiger partial charge is 0.394 e. The Kier molecular flexibility index (Phi) is 7.79. The summed E-state index contributed by atoms with van der Waals surface area (Å²) in [5.41, 5.74) is 0.248. The van der Waals surface area contributed by atoms with Crippen LogP contribution in [0.2, 0.25) is 0 Å². The first kappa shape index (κ1) is 18.0. The predicted octanol–water partition coefficient (Wildman–Crippen LogP) is 5.11. The fourth-order valence-electron chi connectivity index (χ4n) is 1.45. The zero-order chi connectivity index (χ0) is 15.1. The summed E-state index contributed by atoms with van der Waals surface area (Å²) in [7, 11) is 0. The van der Waals surface area contributed by atoms with E-state index in [1.807, 2.05) is 13.8 Å². The topological polar surface area (TPSA) is 12.0 Å². The van der Waals surface area contributed by atoms with Crippen LogP contribution in [0.15, 0.2) is 23.2 Å². The van der Waals surface area contributed by atoms with E-state index in [1.165, 1.54) is 0 Å². The van der Waals surface area contributed by atoms with Crippen LogP contribution in [0, 0.1) is 5.92 Å². The van der Waals surface area contributed by atoms with Gasteiger partial charge in [-0.2, -0.15) is 13.2 Å². The Labute approximate surface area is 112 Å². The van der Waals surface area contributed by atoms with Crippen molar-refractivity contribution in [3.05, 3.63) is 23.2 Å². The molecular weight excluding hydrogens is 258 g/mol. The second-order valence-corrected chi connectivity index (χ2v) is 5.07. The maximum Gasteiger partial charge on any atom is 0.394 e. The van der Waals surface area contributed by atoms with E-state index >= 15 is 0 Å². The Morgan fingerprint density at radius 1 is 1.26 bits per heavy atom. The molecule has 0 aliphatic rings. The molecule has 0 fully saturated rings. The molecule has 0 bridgehead atoms. The molecule has 0 saturated carbocycles. The molecule has 0 saturated heterocycles. The van der Waals surface area contributed by atoms with Crippen LogP contribution in [-0.4, -0.2) is 12.7 Å². The first-order valence-corrected chi connectivity index (χ1v) is 6.49. The molecule has 1 N–H and O–H groups in total. The van der Waals surface area contributed by atoms with Crippen molar-refractivity contribution in [2.75, 3.05) is 6.54 Å². The molecule has 0 aromatic heterocycles. The fraction of sp³-hybridized carbons (Fsp3) is 0.714. The summed E-state index contributed by atoms with van der Waals surface area (Å²) in [6.07, 6.45) is -2.87. The minimum absolute atomic E-state index is 0.352. The molecule has 0 aromatic carbocycles. The lowest BCUT2D eigenvalue weighted by Crippen LogP contribution is -2.23. The molecule has 0 aliphatic heterocycles. The minimum Gasteiger partial charge on any atom is -0.386 e. The van der Waals surface area contributed by atoms with E-state index in [2.05, 4.69) is 5.32 Å². The molecular formula is C14H23F4N. The van der Waals surface area contributed by atoms with Crippen LogP contribution in [0.5, 0.6) is 0 Å². The summed E-state index contributed by atoms with van der Waals surface area (Å²) in [5.74, 6) is -0.423. The van der Waals surface area contributed by atoms with E-state index in [0.717, 1.165) is 18.9 Å². The van der Waals surface area contributed by atoms with Crippen molar-refractivity contribution in [3.63, 3.8) is 0 Å². The highest BCUT2D eigenvalue weighted by molar-refractivity contribution is 5.21. The highest BCUT2D eigenvalue weighted by Gasteiger charge is 2.30. The number of halogens is 4. The molecule has 0 rings (SSSR count). The molecule has 1 nitrogen and oxygen atoms in total. The Morgan fingerprint density at radius 2 is 1.84 bits per heavy atom. The number of nitrogens with one attached hydrogen (secondary N) is 1. The summed E-state index contributed by atoms with van der Waals surface area (Å²) in [4.78, 5) is 0. The van der Waals surface area contributed by atoms with Gasteiger partial charge in [0.05, 0.1) is 12.1 Å². The van der Waals surface area contributed by atoms with Crippen LogP contribution < -0.4 is 5.32 Å². The van der Waals surface area contributed by atoms with Crippen molar-refractivity contribution in [2.45, 2.75) is 53.1 Å². The number of rotatable bonds is 7. The lowest BCUT2D eigenvalue weighted by Gasteiger charge is -2.15. The standard InChI is InChI=1S/C14H23F4N/c1-5-11(4)6-7-19-13(9-14(16,17)18)12(15)8-10(2)3/h8,11,19H,5-7,9H2,1-4H3/b13-12-. The highest BCUT2D eigenvalue weighted by atomic mass is 19.4. The number of hydrogen-bond donors (Lipinski definition) is 1.